The number of rotatable bonds is 7. The molecule has 1 fully saturated rings. The number of H-pyrrole nitrogens is 1. The van der Waals surface area contributed by atoms with Gasteiger partial charge >= 0.3 is 6.03 Å². The van der Waals surface area contributed by atoms with Crippen LogP contribution in [0.2, 0.25) is 0 Å². The number of hydrogen-bond acceptors (Lipinski definition) is 4. The van der Waals surface area contributed by atoms with Gasteiger partial charge in [0.15, 0.2) is 0 Å². The van der Waals surface area contributed by atoms with Gasteiger partial charge in [-0.1, -0.05) is 24.3 Å². The number of imidazole rings is 1. The molecule has 1 aromatic heterocycles. The van der Waals surface area contributed by atoms with E-state index in [2.05, 4.69) is 34.4 Å². The molecule has 7 heteroatoms. The van der Waals surface area contributed by atoms with Gasteiger partial charge in [-0.3, -0.25) is 0 Å². The first-order chi connectivity index (χ1) is 15.5. The van der Waals surface area contributed by atoms with Gasteiger partial charge < -0.3 is 25.3 Å². The highest BCUT2D eigenvalue weighted by Crippen LogP contribution is 2.22. The number of methoxy groups -OCH3 is 1. The van der Waals surface area contributed by atoms with Crippen LogP contribution in [0.25, 0.3) is 11.0 Å². The van der Waals surface area contributed by atoms with Crippen molar-refractivity contribution in [3.05, 3.63) is 59.9 Å². The molecule has 0 bridgehead atoms. The molecule has 0 aliphatic carbocycles. The molecule has 2 aromatic carbocycles. The number of nitrogens with zero attached hydrogens (tertiary/aromatic N) is 2. The van der Waals surface area contributed by atoms with E-state index in [1.807, 2.05) is 48.5 Å². The second-order valence-corrected chi connectivity index (χ2v) is 8.77. The average molecular weight is 436 g/mol. The summed E-state index contributed by atoms with van der Waals surface area (Å²) in [6, 6.07) is 16.2. The van der Waals surface area contributed by atoms with Crippen LogP contribution in [0.4, 0.5) is 4.79 Å². The third-order valence-electron chi connectivity index (χ3n) is 6.24. The first-order valence-electron chi connectivity index (χ1n) is 11.4. The quantitative estimate of drug-likeness (QED) is 0.523. The number of likely N-dealkylation sites (tertiary alicyclic amines) is 1. The molecule has 7 nitrogen and oxygen atoms in total. The van der Waals surface area contributed by atoms with Crippen molar-refractivity contribution in [3.8, 4) is 5.75 Å². The number of urea groups is 1. The fourth-order valence-corrected chi connectivity index (χ4v) is 4.30. The van der Waals surface area contributed by atoms with Crippen LogP contribution in [0.3, 0.4) is 0 Å². The zero-order valence-corrected chi connectivity index (χ0v) is 19.1. The monoisotopic (exact) mass is 435 g/mol. The summed E-state index contributed by atoms with van der Waals surface area (Å²) in [4.78, 5) is 23.5. The van der Waals surface area contributed by atoms with Gasteiger partial charge in [-0.15, -0.1) is 0 Å². The highest BCUT2D eigenvalue weighted by molar-refractivity contribution is 5.76. The largest absolute Gasteiger partial charge is 0.497 e. The Morgan fingerprint density at radius 2 is 1.88 bits per heavy atom. The van der Waals surface area contributed by atoms with Crippen molar-refractivity contribution in [1.29, 1.82) is 0 Å². The summed E-state index contributed by atoms with van der Waals surface area (Å²) in [5.74, 6) is 1.57. The average Bonchev–Trinajstić information content (AvgIpc) is 3.24. The molecule has 0 unspecified atom stereocenters. The van der Waals surface area contributed by atoms with Gasteiger partial charge in [-0.2, -0.15) is 0 Å². The van der Waals surface area contributed by atoms with E-state index in [0.717, 1.165) is 54.1 Å². The maximum atomic E-state index is 12.9. The predicted octanol–water partition coefficient (Wildman–Crippen LogP) is 4.03. The van der Waals surface area contributed by atoms with E-state index in [4.69, 9.17) is 9.72 Å². The van der Waals surface area contributed by atoms with E-state index in [0.29, 0.717) is 12.5 Å². The molecule has 0 saturated carbocycles. The van der Waals surface area contributed by atoms with Crippen LogP contribution in [0, 0.1) is 0 Å². The summed E-state index contributed by atoms with van der Waals surface area (Å²) in [5, 5.41) is 6.34. The molecule has 0 spiro atoms. The van der Waals surface area contributed by atoms with Gasteiger partial charge in [0.1, 0.15) is 11.6 Å². The number of aromatic amines is 1. The third kappa shape index (κ3) is 5.40. The number of piperidine rings is 1. The molecule has 1 saturated heterocycles. The van der Waals surface area contributed by atoms with Gasteiger partial charge in [-0.05, 0) is 62.9 Å². The highest BCUT2D eigenvalue weighted by Gasteiger charge is 2.24. The van der Waals surface area contributed by atoms with Crippen molar-refractivity contribution >= 4 is 17.1 Å². The van der Waals surface area contributed by atoms with Gasteiger partial charge in [0.25, 0.3) is 0 Å². The SMILES string of the molecule is COc1ccc(C[C@@H](NC(=O)NC2CCN(C(C)C)CC2)c2nc3ccccc3[nH]2)cc1. The van der Waals surface area contributed by atoms with E-state index in [1.165, 1.54) is 0 Å². The lowest BCUT2D eigenvalue weighted by atomic mass is 10.0. The number of aromatic nitrogens is 2. The first kappa shape index (κ1) is 22.1. The number of carbonyl (C=O) groups excluding carboxylic acids is 1. The fraction of sp³-hybridized carbons (Fsp3) is 0.440. The molecule has 1 aliphatic rings. The van der Waals surface area contributed by atoms with Crippen molar-refractivity contribution in [1.82, 2.24) is 25.5 Å². The Morgan fingerprint density at radius 3 is 2.53 bits per heavy atom. The van der Waals surface area contributed by atoms with E-state index in [-0.39, 0.29) is 18.1 Å². The van der Waals surface area contributed by atoms with Crippen LogP contribution >= 0.6 is 0 Å². The standard InChI is InChI=1S/C25H33N5O2/c1-17(2)30-14-12-19(13-15-30)26-25(31)29-23(16-18-8-10-20(32-3)11-9-18)24-27-21-6-4-5-7-22(21)28-24/h4-11,17,19,23H,12-16H2,1-3H3,(H,27,28)(H2,26,29,31)/t23-/m1/s1. The maximum absolute atomic E-state index is 12.9. The molecule has 1 atom stereocenters. The number of carbonyl (C=O) groups is 1. The number of benzene rings is 2. The smallest absolute Gasteiger partial charge is 0.315 e. The number of amides is 2. The van der Waals surface area contributed by atoms with Crippen LogP contribution in [-0.2, 0) is 6.42 Å². The van der Waals surface area contributed by atoms with Crippen molar-refractivity contribution < 1.29 is 9.53 Å². The highest BCUT2D eigenvalue weighted by atomic mass is 16.5. The number of para-hydroxylation sites is 2. The molecule has 1 aliphatic heterocycles. The summed E-state index contributed by atoms with van der Waals surface area (Å²) in [7, 11) is 1.66. The summed E-state index contributed by atoms with van der Waals surface area (Å²) < 4.78 is 5.27. The zero-order chi connectivity index (χ0) is 22.5. The molecule has 2 heterocycles. The summed E-state index contributed by atoms with van der Waals surface area (Å²) in [5.41, 5.74) is 2.96. The molecular weight excluding hydrogens is 402 g/mol. The summed E-state index contributed by atoms with van der Waals surface area (Å²) in [6.07, 6.45) is 2.57. The van der Waals surface area contributed by atoms with Crippen LogP contribution in [-0.4, -0.2) is 53.2 Å². The minimum absolute atomic E-state index is 0.146. The van der Waals surface area contributed by atoms with Crippen LogP contribution in [0.5, 0.6) is 5.75 Å². The fourth-order valence-electron chi connectivity index (χ4n) is 4.30. The van der Waals surface area contributed by atoms with E-state index in [1.54, 1.807) is 7.11 Å². The van der Waals surface area contributed by atoms with Gasteiger partial charge in [0, 0.05) is 25.2 Å². The second kappa shape index (κ2) is 10.0. The normalized spacial score (nSPS) is 16.2. The van der Waals surface area contributed by atoms with E-state index >= 15 is 0 Å². The van der Waals surface area contributed by atoms with Crippen molar-refractivity contribution in [2.45, 2.75) is 51.2 Å². The maximum Gasteiger partial charge on any atom is 0.315 e. The third-order valence-corrected chi connectivity index (χ3v) is 6.24. The number of ether oxygens (including phenoxy) is 1. The molecular formula is C25H33N5O2. The lowest BCUT2D eigenvalue weighted by molar-refractivity contribution is 0.160. The van der Waals surface area contributed by atoms with Crippen molar-refractivity contribution in [2.75, 3.05) is 20.2 Å². The molecule has 3 aromatic rings. The van der Waals surface area contributed by atoms with Crippen LogP contribution < -0.4 is 15.4 Å². The Morgan fingerprint density at radius 1 is 1.16 bits per heavy atom. The van der Waals surface area contributed by atoms with Gasteiger partial charge in [-0.25, -0.2) is 9.78 Å². The van der Waals surface area contributed by atoms with Crippen molar-refractivity contribution in [3.63, 3.8) is 0 Å². The topological polar surface area (TPSA) is 82.3 Å². The second-order valence-electron chi connectivity index (χ2n) is 8.77. The minimum Gasteiger partial charge on any atom is -0.497 e. The zero-order valence-electron chi connectivity index (χ0n) is 19.1. The number of nitrogens with one attached hydrogen (secondary N) is 3. The summed E-state index contributed by atoms with van der Waals surface area (Å²) in [6.45, 7) is 6.47. The molecule has 2 amide bonds. The molecule has 170 valence electrons. The van der Waals surface area contributed by atoms with Gasteiger partial charge in [0.05, 0.1) is 24.2 Å². The minimum atomic E-state index is -0.272. The lowest BCUT2D eigenvalue weighted by Crippen LogP contribution is -2.50. The van der Waals surface area contributed by atoms with Gasteiger partial charge in [0.2, 0.25) is 0 Å². The van der Waals surface area contributed by atoms with E-state index < -0.39 is 0 Å². The Labute approximate surface area is 189 Å². The Balaban J connectivity index is 1.46. The van der Waals surface area contributed by atoms with Crippen LogP contribution in [0.1, 0.15) is 44.1 Å². The molecule has 4 rings (SSSR count). The summed E-state index contributed by atoms with van der Waals surface area (Å²) >= 11 is 0. The number of fused-ring (bicyclic) bond motifs is 1. The van der Waals surface area contributed by atoms with E-state index in [9.17, 15) is 4.79 Å². The predicted molar refractivity (Wildman–Crippen MR) is 127 cm³/mol. The molecule has 32 heavy (non-hydrogen) atoms. The Hall–Kier alpha value is -3.06. The lowest BCUT2D eigenvalue weighted by Gasteiger charge is -2.35. The Bertz CT molecular complexity index is 989. The molecule has 3 N–H and O–H groups in total. The first-order valence-corrected chi connectivity index (χ1v) is 11.4. The van der Waals surface area contributed by atoms with Crippen LogP contribution in [0.15, 0.2) is 48.5 Å². The molecule has 0 radical (unpaired) electrons. The number of hydrogen-bond donors (Lipinski definition) is 3. The van der Waals surface area contributed by atoms with Crippen molar-refractivity contribution in [2.24, 2.45) is 0 Å². The Kier molecular flexibility index (Phi) is 6.95.